The van der Waals surface area contributed by atoms with E-state index >= 15 is 0 Å². The summed E-state index contributed by atoms with van der Waals surface area (Å²) in [6.07, 6.45) is 1.63. The predicted octanol–water partition coefficient (Wildman–Crippen LogP) is -0.940. The Morgan fingerprint density at radius 1 is 1.39 bits per heavy atom. The summed E-state index contributed by atoms with van der Waals surface area (Å²) in [4.78, 5) is 11.3. The number of anilines is 1. The zero-order chi connectivity index (χ0) is 16.8. The Labute approximate surface area is 131 Å². The molecule has 0 spiro atoms. The summed E-state index contributed by atoms with van der Waals surface area (Å²) < 4.78 is 40.7. The molecule has 8 nitrogen and oxygen atoms in total. The van der Waals surface area contributed by atoms with Crippen molar-refractivity contribution in [3.63, 3.8) is 0 Å². The lowest BCUT2D eigenvalue weighted by Crippen LogP contribution is -2.30. The van der Waals surface area contributed by atoms with Gasteiger partial charge >= 0.3 is 10.2 Å². The maximum atomic E-state index is 14.8. The van der Waals surface area contributed by atoms with Crippen molar-refractivity contribution in [2.75, 3.05) is 24.0 Å². The Hall–Kier alpha value is -2.17. The highest BCUT2D eigenvalue weighted by Crippen LogP contribution is 2.37. The smallest absolute Gasteiger partial charge is 0.326 e. The molecule has 2 aliphatic heterocycles. The molecule has 0 aliphatic carbocycles. The molecule has 2 aliphatic rings. The zero-order valence-electron chi connectivity index (χ0n) is 11.8. The third-order valence-corrected chi connectivity index (χ3v) is 5.04. The molecule has 0 aromatic heterocycles. The molecule has 1 fully saturated rings. The fourth-order valence-electron chi connectivity index (χ4n) is 2.59. The molecular weight excluding hydrogens is 329 g/mol. The summed E-state index contributed by atoms with van der Waals surface area (Å²) in [5.41, 5.74) is 0.0451. The monoisotopic (exact) mass is 343 g/mol. The van der Waals surface area contributed by atoms with Gasteiger partial charge in [-0.1, -0.05) is 6.08 Å². The molecule has 23 heavy (non-hydrogen) atoms. The first-order chi connectivity index (χ1) is 10.8. The van der Waals surface area contributed by atoms with E-state index in [0.29, 0.717) is 9.88 Å². The summed E-state index contributed by atoms with van der Waals surface area (Å²) in [5, 5.41) is 21.9. The van der Waals surface area contributed by atoms with Crippen LogP contribution in [0.25, 0.3) is 5.57 Å². The van der Waals surface area contributed by atoms with Crippen LogP contribution in [0.4, 0.5) is 10.1 Å². The number of hydrogen-bond donors (Lipinski definition) is 4. The van der Waals surface area contributed by atoms with Gasteiger partial charge in [-0.25, -0.2) is 13.4 Å². The molecule has 0 saturated carbocycles. The SMILES string of the molecule is O=C1CN(c2c(O)ccc(C3=CC(CO)NC3)c2F)S(=O)(=O)N1. The highest BCUT2D eigenvalue weighted by atomic mass is 32.2. The van der Waals surface area contributed by atoms with E-state index in [-0.39, 0.29) is 24.8 Å². The van der Waals surface area contributed by atoms with Gasteiger partial charge in [-0.15, -0.1) is 0 Å². The van der Waals surface area contributed by atoms with Gasteiger partial charge in [-0.2, -0.15) is 8.42 Å². The minimum Gasteiger partial charge on any atom is -0.506 e. The van der Waals surface area contributed by atoms with Gasteiger partial charge in [-0.3, -0.25) is 4.79 Å². The first-order valence-corrected chi connectivity index (χ1v) is 8.17. The van der Waals surface area contributed by atoms with Crippen molar-refractivity contribution in [3.05, 3.63) is 29.6 Å². The quantitative estimate of drug-likeness (QED) is 0.562. The zero-order valence-corrected chi connectivity index (χ0v) is 12.6. The number of nitrogens with zero attached hydrogens (tertiary/aromatic N) is 1. The molecule has 1 unspecified atom stereocenters. The van der Waals surface area contributed by atoms with Gasteiger partial charge in [0.25, 0.3) is 5.91 Å². The van der Waals surface area contributed by atoms with E-state index in [0.717, 1.165) is 0 Å². The van der Waals surface area contributed by atoms with Crippen LogP contribution < -0.4 is 14.3 Å². The minimum absolute atomic E-state index is 0.0933. The Balaban J connectivity index is 2.09. The molecule has 0 bridgehead atoms. The van der Waals surface area contributed by atoms with Crippen molar-refractivity contribution in [1.82, 2.24) is 10.0 Å². The number of aliphatic hydroxyl groups excluding tert-OH is 1. The average molecular weight is 343 g/mol. The van der Waals surface area contributed by atoms with Crippen LogP contribution in [-0.4, -0.2) is 50.3 Å². The molecule has 0 radical (unpaired) electrons. The van der Waals surface area contributed by atoms with E-state index < -0.39 is 39.9 Å². The number of carbonyl (C=O) groups is 1. The maximum absolute atomic E-state index is 14.8. The molecule has 1 aromatic rings. The van der Waals surface area contributed by atoms with Crippen LogP contribution in [0.15, 0.2) is 18.2 Å². The van der Waals surface area contributed by atoms with Crippen LogP contribution in [-0.2, 0) is 15.0 Å². The molecular formula is C13H14FN3O5S. The van der Waals surface area contributed by atoms with Gasteiger partial charge < -0.3 is 15.5 Å². The maximum Gasteiger partial charge on any atom is 0.326 e. The lowest BCUT2D eigenvalue weighted by atomic mass is 10.0. The first kappa shape index (κ1) is 15.7. The lowest BCUT2D eigenvalue weighted by molar-refractivity contribution is -0.117. The summed E-state index contributed by atoms with van der Waals surface area (Å²) in [5.74, 6) is -2.34. The topological polar surface area (TPSA) is 119 Å². The normalized spacial score (nSPS) is 23.0. The molecule has 1 aromatic carbocycles. The minimum atomic E-state index is -4.23. The van der Waals surface area contributed by atoms with Crippen molar-refractivity contribution in [2.24, 2.45) is 0 Å². The third kappa shape index (κ3) is 2.64. The van der Waals surface area contributed by atoms with Crippen molar-refractivity contribution in [1.29, 1.82) is 0 Å². The third-order valence-electron chi connectivity index (χ3n) is 3.66. The standard InChI is InChI=1S/C13H14FN3O5S/c14-12-9(7-3-8(6-18)15-4-7)1-2-10(19)13(12)17-5-11(20)16-23(17,21)22/h1-3,8,15,18-19H,4-6H2,(H,16,20). The van der Waals surface area contributed by atoms with Crippen LogP contribution in [0, 0.1) is 5.82 Å². The van der Waals surface area contributed by atoms with E-state index in [9.17, 15) is 22.7 Å². The van der Waals surface area contributed by atoms with E-state index in [4.69, 9.17) is 5.11 Å². The van der Waals surface area contributed by atoms with Crippen LogP contribution in [0.1, 0.15) is 5.56 Å². The van der Waals surface area contributed by atoms with Crippen molar-refractivity contribution in [2.45, 2.75) is 6.04 Å². The number of halogens is 1. The van der Waals surface area contributed by atoms with Crippen molar-refractivity contribution >= 4 is 27.4 Å². The van der Waals surface area contributed by atoms with Gasteiger partial charge in [0.15, 0.2) is 5.82 Å². The molecule has 1 amide bonds. The highest BCUT2D eigenvalue weighted by Gasteiger charge is 2.38. The van der Waals surface area contributed by atoms with Gasteiger partial charge in [-0.05, 0) is 17.7 Å². The number of rotatable bonds is 3. The van der Waals surface area contributed by atoms with Crippen LogP contribution in [0.2, 0.25) is 0 Å². The summed E-state index contributed by atoms with van der Waals surface area (Å²) in [7, 11) is -4.23. The van der Waals surface area contributed by atoms with E-state index in [1.165, 1.54) is 12.1 Å². The molecule has 4 N–H and O–H groups in total. The van der Waals surface area contributed by atoms with Crippen molar-refractivity contribution < 1.29 is 27.8 Å². The van der Waals surface area contributed by atoms with Gasteiger partial charge in [0, 0.05) is 18.2 Å². The molecule has 10 heteroatoms. The fraction of sp³-hybridized carbons (Fsp3) is 0.308. The summed E-state index contributed by atoms with van der Waals surface area (Å²) in [6.45, 7) is -0.474. The Morgan fingerprint density at radius 2 is 2.13 bits per heavy atom. The van der Waals surface area contributed by atoms with E-state index in [1.54, 1.807) is 10.8 Å². The molecule has 124 valence electrons. The summed E-state index contributed by atoms with van der Waals surface area (Å²) >= 11 is 0. The summed E-state index contributed by atoms with van der Waals surface area (Å²) in [6, 6.07) is 2.17. The lowest BCUT2D eigenvalue weighted by Gasteiger charge is -2.18. The second-order valence-corrected chi connectivity index (χ2v) is 6.79. The molecule has 1 saturated heterocycles. The van der Waals surface area contributed by atoms with Crippen molar-refractivity contribution in [3.8, 4) is 5.75 Å². The molecule has 2 heterocycles. The van der Waals surface area contributed by atoms with Crippen LogP contribution in [0.3, 0.4) is 0 Å². The highest BCUT2D eigenvalue weighted by molar-refractivity contribution is 7.92. The van der Waals surface area contributed by atoms with Gasteiger partial charge in [0.1, 0.15) is 18.0 Å². The number of amides is 1. The number of phenols is 1. The van der Waals surface area contributed by atoms with E-state index in [2.05, 4.69) is 5.32 Å². The number of hydrogen-bond acceptors (Lipinski definition) is 6. The first-order valence-electron chi connectivity index (χ1n) is 6.73. The Kier molecular flexibility index (Phi) is 3.74. The van der Waals surface area contributed by atoms with Gasteiger partial charge in [0.2, 0.25) is 0 Å². The largest absolute Gasteiger partial charge is 0.506 e. The average Bonchev–Trinajstić information content (AvgIpc) is 3.03. The second-order valence-electron chi connectivity index (χ2n) is 5.19. The molecule has 3 rings (SSSR count). The van der Waals surface area contributed by atoms with E-state index in [1.807, 2.05) is 0 Å². The number of aromatic hydroxyl groups is 1. The molecule has 1 atom stereocenters. The number of nitrogens with one attached hydrogen (secondary N) is 2. The fourth-order valence-corrected chi connectivity index (χ4v) is 3.75. The Morgan fingerprint density at radius 3 is 2.70 bits per heavy atom. The number of benzene rings is 1. The number of phenolic OH excluding ortho intramolecular Hbond substituents is 1. The number of aliphatic hydroxyl groups is 1. The Bertz CT molecular complexity index is 808. The van der Waals surface area contributed by atoms with Crippen LogP contribution in [0.5, 0.6) is 5.75 Å². The van der Waals surface area contributed by atoms with Crippen LogP contribution >= 0.6 is 0 Å². The number of carbonyl (C=O) groups excluding carboxylic acids is 1. The van der Waals surface area contributed by atoms with Gasteiger partial charge in [0.05, 0.1) is 6.61 Å². The predicted molar refractivity (Wildman–Crippen MR) is 79.3 cm³/mol. The second kappa shape index (κ2) is 5.48.